The van der Waals surface area contributed by atoms with Crippen molar-refractivity contribution < 1.29 is 14.7 Å². The van der Waals surface area contributed by atoms with E-state index in [2.05, 4.69) is 14.7 Å². The number of amides is 1. The molecule has 2 N–H and O–H groups in total. The van der Waals surface area contributed by atoms with Crippen molar-refractivity contribution >= 4 is 23.4 Å². The Kier molecular flexibility index (Phi) is 5.41. The number of carboxylic acid groups (broad SMARTS) is 1. The molecule has 106 valence electrons. The number of nitrogens with one attached hydrogen (secondary N) is 1. The molecular formula is C12H19N3O3S. The van der Waals surface area contributed by atoms with Crippen LogP contribution in [0.15, 0.2) is 0 Å². The van der Waals surface area contributed by atoms with Gasteiger partial charge < -0.3 is 10.4 Å². The molecule has 0 saturated carbocycles. The van der Waals surface area contributed by atoms with Gasteiger partial charge in [0.1, 0.15) is 10.8 Å². The van der Waals surface area contributed by atoms with Crippen LogP contribution in [-0.2, 0) is 21.5 Å². The maximum absolute atomic E-state index is 11.5. The highest BCUT2D eigenvalue weighted by atomic mass is 32.1. The van der Waals surface area contributed by atoms with Crippen molar-refractivity contribution in [2.45, 2.75) is 52.0 Å². The molecule has 1 aromatic rings. The number of aromatic nitrogens is 2. The second kappa shape index (κ2) is 6.60. The summed E-state index contributed by atoms with van der Waals surface area (Å²) in [6.45, 7) is 6.44. The van der Waals surface area contributed by atoms with Gasteiger partial charge in [0.2, 0.25) is 5.91 Å². The standard InChI is InChI=1S/C12H19N3O3S/c1-12(2,3)11-14-9(19-15-11)7-13-8(16)5-4-6-10(17)18/h4-7H2,1-3H3,(H,13,16)(H,17,18). The zero-order valence-corrected chi connectivity index (χ0v) is 12.2. The number of carboxylic acids is 1. The highest BCUT2D eigenvalue weighted by molar-refractivity contribution is 7.05. The predicted molar refractivity (Wildman–Crippen MR) is 71.9 cm³/mol. The van der Waals surface area contributed by atoms with Crippen molar-refractivity contribution in [2.24, 2.45) is 0 Å². The molecule has 19 heavy (non-hydrogen) atoms. The van der Waals surface area contributed by atoms with Gasteiger partial charge in [-0.2, -0.15) is 4.37 Å². The van der Waals surface area contributed by atoms with Crippen molar-refractivity contribution in [1.29, 1.82) is 0 Å². The molecule has 1 rings (SSSR count). The van der Waals surface area contributed by atoms with Crippen LogP contribution in [0.25, 0.3) is 0 Å². The Balaban J connectivity index is 2.34. The van der Waals surface area contributed by atoms with E-state index in [1.807, 2.05) is 20.8 Å². The van der Waals surface area contributed by atoms with Crippen LogP contribution in [-0.4, -0.2) is 26.3 Å². The number of carbonyl (C=O) groups excluding carboxylic acids is 1. The Bertz CT molecular complexity index is 451. The van der Waals surface area contributed by atoms with Gasteiger partial charge >= 0.3 is 5.97 Å². The molecule has 0 unspecified atom stereocenters. The SMILES string of the molecule is CC(C)(C)c1nsc(CNC(=O)CCCC(=O)O)n1. The Labute approximate surface area is 116 Å². The van der Waals surface area contributed by atoms with E-state index in [1.54, 1.807) is 0 Å². The molecular weight excluding hydrogens is 266 g/mol. The van der Waals surface area contributed by atoms with Gasteiger partial charge in [0, 0.05) is 18.3 Å². The van der Waals surface area contributed by atoms with Crippen LogP contribution in [0.2, 0.25) is 0 Å². The third-order valence-corrected chi connectivity index (χ3v) is 3.08. The number of aliphatic carboxylic acids is 1. The summed E-state index contributed by atoms with van der Waals surface area (Å²) in [5.41, 5.74) is -0.0970. The van der Waals surface area contributed by atoms with Gasteiger partial charge in [-0.15, -0.1) is 0 Å². The fourth-order valence-corrected chi connectivity index (χ4v) is 2.06. The van der Waals surface area contributed by atoms with Crippen molar-refractivity contribution in [2.75, 3.05) is 0 Å². The average molecular weight is 285 g/mol. The topological polar surface area (TPSA) is 92.2 Å². The normalized spacial score (nSPS) is 11.3. The van der Waals surface area contributed by atoms with Crippen molar-refractivity contribution in [3.05, 3.63) is 10.8 Å². The molecule has 6 nitrogen and oxygen atoms in total. The van der Waals surface area contributed by atoms with Crippen molar-refractivity contribution in [1.82, 2.24) is 14.7 Å². The minimum atomic E-state index is -0.883. The van der Waals surface area contributed by atoms with E-state index < -0.39 is 5.97 Å². The Morgan fingerprint density at radius 2 is 2.00 bits per heavy atom. The molecule has 0 aromatic carbocycles. The maximum Gasteiger partial charge on any atom is 0.303 e. The second-order valence-electron chi connectivity index (χ2n) is 5.29. The van der Waals surface area contributed by atoms with Gasteiger partial charge in [-0.05, 0) is 18.0 Å². The monoisotopic (exact) mass is 285 g/mol. The van der Waals surface area contributed by atoms with E-state index in [-0.39, 0.29) is 24.2 Å². The van der Waals surface area contributed by atoms with Crippen LogP contribution in [0, 0.1) is 0 Å². The molecule has 0 radical (unpaired) electrons. The molecule has 0 saturated heterocycles. The van der Waals surface area contributed by atoms with Crippen LogP contribution in [0.4, 0.5) is 0 Å². The Hall–Kier alpha value is -1.50. The lowest BCUT2D eigenvalue weighted by Crippen LogP contribution is -2.22. The van der Waals surface area contributed by atoms with Gasteiger partial charge in [-0.25, -0.2) is 4.98 Å². The summed E-state index contributed by atoms with van der Waals surface area (Å²) in [7, 11) is 0. The van der Waals surface area contributed by atoms with Crippen LogP contribution in [0.3, 0.4) is 0 Å². The first-order valence-corrected chi connectivity index (χ1v) is 6.88. The van der Waals surface area contributed by atoms with Crippen LogP contribution in [0.1, 0.15) is 50.9 Å². The van der Waals surface area contributed by atoms with E-state index in [4.69, 9.17) is 5.11 Å². The first-order valence-electron chi connectivity index (χ1n) is 6.10. The van der Waals surface area contributed by atoms with E-state index in [0.717, 1.165) is 10.8 Å². The van der Waals surface area contributed by atoms with Gasteiger partial charge in [0.15, 0.2) is 0 Å². The minimum absolute atomic E-state index is 0.0143. The number of carbonyl (C=O) groups is 2. The third kappa shape index (κ3) is 5.78. The molecule has 1 aromatic heterocycles. The molecule has 1 heterocycles. The lowest BCUT2D eigenvalue weighted by Gasteiger charge is -2.12. The summed E-state index contributed by atoms with van der Waals surface area (Å²) < 4.78 is 4.25. The van der Waals surface area contributed by atoms with Crippen LogP contribution in [0.5, 0.6) is 0 Å². The second-order valence-corrected chi connectivity index (χ2v) is 6.12. The number of nitrogens with zero attached hydrogens (tertiary/aromatic N) is 2. The first-order chi connectivity index (χ1) is 8.79. The van der Waals surface area contributed by atoms with Crippen LogP contribution >= 0.6 is 11.5 Å². The molecule has 0 aliphatic carbocycles. The quantitative estimate of drug-likeness (QED) is 0.830. The summed E-state index contributed by atoms with van der Waals surface area (Å²) in [6, 6.07) is 0. The van der Waals surface area contributed by atoms with Crippen molar-refractivity contribution in [3.63, 3.8) is 0 Å². The molecule has 0 atom stereocenters. The largest absolute Gasteiger partial charge is 0.481 e. The zero-order valence-electron chi connectivity index (χ0n) is 11.4. The Morgan fingerprint density at radius 3 is 2.53 bits per heavy atom. The van der Waals surface area contributed by atoms with Gasteiger partial charge in [0.05, 0.1) is 6.54 Å². The highest BCUT2D eigenvalue weighted by Crippen LogP contribution is 2.20. The molecule has 7 heteroatoms. The van der Waals surface area contributed by atoms with Gasteiger partial charge in [0.25, 0.3) is 0 Å². The van der Waals surface area contributed by atoms with E-state index in [0.29, 0.717) is 13.0 Å². The molecule has 0 fully saturated rings. The van der Waals surface area contributed by atoms with E-state index in [1.165, 1.54) is 11.5 Å². The van der Waals surface area contributed by atoms with E-state index >= 15 is 0 Å². The molecule has 0 spiro atoms. The number of hydrogen-bond acceptors (Lipinski definition) is 5. The summed E-state index contributed by atoms with van der Waals surface area (Å²) in [6.07, 6.45) is 0.585. The average Bonchev–Trinajstić information content (AvgIpc) is 2.74. The Morgan fingerprint density at radius 1 is 1.32 bits per heavy atom. The highest BCUT2D eigenvalue weighted by Gasteiger charge is 2.19. The fourth-order valence-electron chi connectivity index (χ4n) is 1.29. The minimum Gasteiger partial charge on any atom is -0.481 e. The third-order valence-electron chi connectivity index (χ3n) is 2.37. The lowest BCUT2D eigenvalue weighted by molar-refractivity contribution is -0.137. The summed E-state index contributed by atoms with van der Waals surface area (Å²) >= 11 is 1.28. The van der Waals surface area contributed by atoms with Gasteiger partial charge in [-0.3, -0.25) is 9.59 Å². The van der Waals surface area contributed by atoms with Crippen molar-refractivity contribution in [3.8, 4) is 0 Å². The predicted octanol–water partition coefficient (Wildman–Crippen LogP) is 1.71. The van der Waals surface area contributed by atoms with Crippen LogP contribution < -0.4 is 5.32 Å². The smallest absolute Gasteiger partial charge is 0.303 e. The zero-order chi connectivity index (χ0) is 14.5. The molecule has 0 aliphatic rings. The first kappa shape index (κ1) is 15.6. The summed E-state index contributed by atoms with van der Waals surface area (Å²) in [5, 5.41) is 11.9. The maximum atomic E-state index is 11.5. The molecule has 0 aliphatic heterocycles. The lowest BCUT2D eigenvalue weighted by atomic mass is 9.96. The van der Waals surface area contributed by atoms with Gasteiger partial charge in [-0.1, -0.05) is 20.8 Å². The molecule has 0 bridgehead atoms. The number of hydrogen-bond donors (Lipinski definition) is 2. The summed E-state index contributed by atoms with van der Waals surface area (Å²) in [5.74, 6) is -0.270. The fraction of sp³-hybridized carbons (Fsp3) is 0.667. The summed E-state index contributed by atoms with van der Waals surface area (Å²) in [4.78, 5) is 26.1. The van der Waals surface area contributed by atoms with E-state index in [9.17, 15) is 9.59 Å². The number of rotatable bonds is 6. The molecule has 1 amide bonds.